The van der Waals surface area contributed by atoms with Crippen molar-refractivity contribution in [1.29, 1.82) is 0 Å². The Morgan fingerprint density at radius 1 is 1.35 bits per heavy atom. The molecular formula is C15H22O2. The molecule has 0 aromatic carbocycles. The minimum absolute atomic E-state index is 0.0695. The zero-order valence-electron chi connectivity index (χ0n) is 11.1. The molecule has 0 unspecified atom stereocenters. The fraction of sp³-hybridized carbons (Fsp3) is 0.800. The van der Waals surface area contributed by atoms with Gasteiger partial charge in [0.25, 0.3) is 0 Å². The molecule has 0 spiro atoms. The minimum atomic E-state index is -0.0695. The van der Waals surface area contributed by atoms with Gasteiger partial charge in [0.15, 0.2) is 0 Å². The van der Waals surface area contributed by atoms with Gasteiger partial charge in [-0.15, -0.1) is 0 Å². The van der Waals surface area contributed by atoms with Crippen molar-refractivity contribution >= 4 is 5.97 Å². The molecule has 1 heterocycles. The third kappa shape index (κ3) is 1.49. The Morgan fingerprint density at radius 3 is 2.88 bits per heavy atom. The second kappa shape index (κ2) is 3.60. The van der Waals surface area contributed by atoms with Crippen molar-refractivity contribution in [1.82, 2.24) is 0 Å². The minimum Gasteiger partial charge on any atom is -0.454 e. The smallest absolute Gasteiger partial charge is 0.334 e. The first kappa shape index (κ1) is 11.3. The molecule has 1 aliphatic heterocycles. The molecule has 0 bridgehead atoms. The molecule has 0 aromatic heterocycles. The Kier molecular flexibility index (Phi) is 2.39. The van der Waals surface area contributed by atoms with Crippen LogP contribution in [0.4, 0.5) is 0 Å². The summed E-state index contributed by atoms with van der Waals surface area (Å²) in [5, 5.41) is 0. The molecule has 2 heteroatoms. The molecule has 2 aliphatic carbocycles. The summed E-state index contributed by atoms with van der Waals surface area (Å²) < 4.78 is 5.49. The van der Waals surface area contributed by atoms with Crippen LogP contribution >= 0.6 is 0 Å². The fourth-order valence-corrected chi connectivity index (χ4v) is 4.20. The molecule has 0 amide bonds. The molecule has 2 fully saturated rings. The van der Waals surface area contributed by atoms with Crippen LogP contribution in [-0.4, -0.2) is 12.1 Å². The van der Waals surface area contributed by atoms with Gasteiger partial charge in [-0.3, -0.25) is 0 Å². The van der Waals surface area contributed by atoms with E-state index in [1.54, 1.807) is 0 Å². The predicted molar refractivity (Wildman–Crippen MR) is 66.4 cm³/mol. The first-order chi connectivity index (χ1) is 8.02. The maximum Gasteiger partial charge on any atom is 0.334 e. The lowest BCUT2D eigenvalue weighted by molar-refractivity contribution is -0.142. The van der Waals surface area contributed by atoms with E-state index in [0.717, 1.165) is 30.3 Å². The molecule has 3 aliphatic rings. The van der Waals surface area contributed by atoms with E-state index in [-0.39, 0.29) is 12.1 Å². The van der Waals surface area contributed by atoms with Crippen molar-refractivity contribution in [3.63, 3.8) is 0 Å². The highest BCUT2D eigenvalue weighted by molar-refractivity contribution is 5.91. The molecule has 0 aromatic rings. The van der Waals surface area contributed by atoms with Crippen molar-refractivity contribution in [2.24, 2.45) is 17.3 Å². The summed E-state index contributed by atoms with van der Waals surface area (Å²) in [6.07, 6.45) is 6.28. The third-order valence-electron chi connectivity index (χ3n) is 5.74. The lowest BCUT2D eigenvalue weighted by Gasteiger charge is -2.51. The SMILES string of the molecule is CC1=C2C[C@@]3(C)[C@H](CCC[C@@H]3C)C[C@@H]2OC1=O. The largest absolute Gasteiger partial charge is 0.454 e. The Labute approximate surface area is 103 Å². The van der Waals surface area contributed by atoms with Crippen LogP contribution in [0.5, 0.6) is 0 Å². The summed E-state index contributed by atoms with van der Waals surface area (Å²) in [6, 6.07) is 0. The van der Waals surface area contributed by atoms with Crippen LogP contribution in [0.15, 0.2) is 11.1 Å². The maximum absolute atomic E-state index is 11.7. The second-order valence-electron chi connectivity index (χ2n) is 6.49. The Balaban J connectivity index is 1.95. The van der Waals surface area contributed by atoms with E-state index in [1.807, 2.05) is 6.92 Å². The fourth-order valence-electron chi connectivity index (χ4n) is 4.20. The van der Waals surface area contributed by atoms with Crippen LogP contribution in [0.3, 0.4) is 0 Å². The van der Waals surface area contributed by atoms with Gasteiger partial charge in [0.05, 0.1) is 0 Å². The monoisotopic (exact) mass is 234 g/mol. The van der Waals surface area contributed by atoms with Gasteiger partial charge in [0.1, 0.15) is 6.10 Å². The van der Waals surface area contributed by atoms with Crippen LogP contribution in [-0.2, 0) is 9.53 Å². The van der Waals surface area contributed by atoms with Crippen LogP contribution in [0.1, 0.15) is 52.9 Å². The van der Waals surface area contributed by atoms with E-state index >= 15 is 0 Å². The Morgan fingerprint density at radius 2 is 2.12 bits per heavy atom. The average molecular weight is 234 g/mol. The first-order valence-corrected chi connectivity index (χ1v) is 6.93. The number of rotatable bonds is 0. The summed E-state index contributed by atoms with van der Waals surface area (Å²) in [7, 11) is 0. The topological polar surface area (TPSA) is 26.3 Å². The number of hydrogen-bond donors (Lipinski definition) is 0. The van der Waals surface area contributed by atoms with Gasteiger partial charge in [0, 0.05) is 5.57 Å². The van der Waals surface area contributed by atoms with Gasteiger partial charge in [-0.05, 0) is 49.0 Å². The zero-order valence-corrected chi connectivity index (χ0v) is 11.1. The number of esters is 1. The first-order valence-electron chi connectivity index (χ1n) is 6.93. The highest BCUT2D eigenvalue weighted by Crippen LogP contribution is 2.56. The summed E-state index contributed by atoms with van der Waals surface area (Å²) in [6.45, 7) is 6.76. The molecule has 0 radical (unpaired) electrons. The summed E-state index contributed by atoms with van der Waals surface area (Å²) in [4.78, 5) is 11.7. The van der Waals surface area contributed by atoms with E-state index in [0.29, 0.717) is 5.41 Å². The van der Waals surface area contributed by atoms with Gasteiger partial charge >= 0.3 is 5.97 Å². The van der Waals surface area contributed by atoms with Crippen LogP contribution in [0.25, 0.3) is 0 Å². The van der Waals surface area contributed by atoms with E-state index < -0.39 is 0 Å². The van der Waals surface area contributed by atoms with Crippen molar-refractivity contribution in [2.45, 2.75) is 59.0 Å². The maximum atomic E-state index is 11.7. The average Bonchev–Trinajstić information content (AvgIpc) is 2.55. The van der Waals surface area contributed by atoms with Crippen molar-refractivity contribution < 1.29 is 9.53 Å². The molecule has 2 nitrogen and oxygen atoms in total. The quantitative estimate of drug-likeness (QED) is 0.600. The lowest BCUT2D eigenvalue weighted by atomic mass is 9.54. The Hall–Kier alpha value is -0.790. The van der Waals surface area contributed by atoms with E-state index in [9.17, 15) is 4.79 Å². The van der Waals surface area contributed by atoms with Gasteiger partial charge in [-0.1, -0.05) is 26.7 Å². The molecular weight excluding hydrogens is 212 g/mol. The van der Waals surface area contributed by atoms with Crippen LogP contribution in [0, 0.1) is 17.3 Å². The van der Waals surface area contributed by atoms with Crippen molar-refractivity contribution in [3.8, 4) is 0 Å². The summed E-state index contributed by atoms with van der Waals surface area (Å²) in [5.41, 5.74) is 2.61. The molecule has 3 rings (SSSR count). The molecule has 17 heavy (non-hydrogen) atoms. The summed E-state index contributed by atoms with van der Waals surface area (Å²) >= 11 is 0. The van der Waals surface area contributed by atoms with Gasteiger partial charge in [0.2, 0.25) is 0 Å². The van der Waals surface area contributed by atoms with Crippen molar-refractivity contribution in [3.05, 3.63) is 11.1 Å². The predicted octanol–water partition coefficient (Wildman–Crippen LogP) is 3.46. The second-order valence-corrected chi connectivity index (χ2v) is 6.49. The van der Waals surface area contributed by atoms with E-state index in [1.165, 1.54) is 24.8 Å². The molecule has 0 saturated heterocycles. The van der Waals surface area contributed by atoms with Gasteiger partial charge in [-0.2, -0.15) is 0 Å². The standard InChI is InChI=1S/C15H22O2/c1-9-5-4-6-11-7-13-12(8-15(9,11)3)10(2)14(16)17-13/h9,11,13H,4-8H2,1-3H3/t9-,11+,13-,15+/m0/s1. The van der Waals surface area contributed by atoms with Crippen LogP contribution in [0.2, 0.25) is 0 Å². The molecule has 4 atom stereocenters. The molecule has 0 N–H and O–H groups in total. The van der Waals surface area contributed by atoms with E-state index in [4.69, 9.17) is 4.74 Å². The molecule has 94 valence electrons. The van der Waals surface area contributed by atoms with Crippen molar-refractivity contribution in [2.75, 3.05) is 0 Å². The Bertz CT molecular complexity index is 396. The number of carbonyl (C=O) groups is 1. The van der Waals surface area contributed by atoms with Gasteiger partial charge in [-0.25, -0.2) is 4.79 Å². The summed E-state index contributed by atoms with van der Waals surface area (Å²) in [5.74, 6) is 1.46. The lowest BCUT2D eigenvalue weighted by Crippen LogP contribution is -2.44. The zero-order chi connectivity index (χ0) is 12.2. The van der Waals surface area contributed by atoms with E-state index in [2.05, 4.69) is 13.8 Å². The molecule has 2 saturated carbocycles. The highest BCUT2D eigenvalue weighted by atomic mass is 16.5. The highest BCUT2D eigenvalue weighted by Gasteiger charge is 2.50. The van der Waals surface area contributed by atoms with Crippen LogP contribution < -0.4 is 0 Å². The number of hydrogen-bond acceptors (Lipinski definition) is 2. The number of ether oxygens (including phenoxy) is 1. The number of carbonyl (C=O) groups excluding carboxylic acids is 1. The normalized spacial score (nSPS) is 45.4. The number of fused-ring (bicyclic) bond motifs is 2. The third-order valence-corrected chi connectivity index (χ3v) is 5.74. The van der Waals surface area contributed by atoms with Gasteiger partial charge < -0.3 is 4.74 Å².